The SMILES string of the molecule is C=CCC[C@]12C[C@@H](O)CC(=C)[C@H](CC=C1C)C2. The molecule has 17 heavy (non-hydrogen) atoms. The number of allylic oxidation sites excluding steroid dienone is 3. The van der Waals surface area contributed by atoms with Crippen LogP contribution in [0.5, 0.6) is 0 Å². The molecule has 94 valence electrons. The lowest BCUT2D eigenvalue weighted by molar-refractivity contribution is 0.111. The molecule has 0 aromatic rings. The summed E-state index contributed by atoms with van der Waals surface area (Å²) in [4.78, 5) is 0. The van der Waals surface area contributed by atoms with Crippen molar-refractivity contribution in [2.24, 2.45) is 11.3 Å². The number of hydrogen-bond donors (Lipinski definition) is 1. The van der Waals surface area contributed by atoms with E-state index < -0.39 is 0 Å². The largest absolute Gasteiger partial charge is 0.393 e. The molecule has 2 aliphatic rings. The number of aliphatic hydroxyl groups excluding tert-OH is 1. The number of rotatable bonds is 3. The lowest BCUT2D eigenvalue weighted by atomic mass is 9.65. The Morgan fingerprint density at radius 1 is 1.53 bits per heavy atom. The second-order valence-electron chi connectivity index (χ2n) is 5.85. The maximum absolute atomic E-state index is 10.2. The molecular weight excluding hydrogens is 208 g/mol. The molecule has 0 amide bonds. The van der Waals surface area contributed by atoms with Crippen molar-refractivity contribution in [3.05, 3.63) is 36.5 Å². The maximum Gasteiger partial charge on any atom is 0.0585 e. The third-order valence-electron chi connectivity index (χ3n) is 4.71. The summed E-state index contributed by atoms with van der Waals surface area (Å²) in [5.74, 6) is 0.584. The van der Waals surface area contributed by atoms with Gasteiger partial charge in [-0.25, -0.2) is 0 Å². The van der Waals surface area contributed by atoms with Crippen LogP contribution >= 0.6 is 0 Å². The smallest absolute Gasteiger partial charge is 0.0585 e. The highest BCUT2D eigenvalue weighted by Gasteiger charge is 2.41. The fourth-order valence-corrected chi connectivity index (χ4v) is 3.58. The van der Waals surface area contributed by atoms with Gasteiger partial charge in [0.15, 0.2) is 0 Å². The van der Waals surface area contributed by atoms with E-state index in [1.807, 2.05) is 6.08 Å². The van der Waals surface area contributed by atoms with Crippen molar-refractivity contribution >= 4 is 0 Å². The van der Waals surface area contributed by atoms with Gasteiger partial charge in [-0.1, -0.05) is 29.9 Å². The van der Waals surface area contributed by atoms with Gasteiger partial charge in [-0.3, -0.25) is 0 Å². The van der Waals surface area contributed by atoms with Crippen molar-refractivity contribution in [1.82, 2.24) is 0 Å². The van der Waals surface area contributed by atoms with Crippen LogP contribution in [0.1, 0.15) is 45.4 Å². The Bertz CT molecular complexity index is 353. The summed E-state index contributed by atoms with van der Waals surface area (Å²) in [6.45, 7) is 10.2. The van der Waals surface area contributed by atoms with Crippen molar-refractivity contribution in [3.8, 4) is 0 Å². The van der Waals surface area contributed by atoms with E-state index in [-0.39, 0.29) is 11.5 Å². The van der Waals surface area contributed by atoms with E-state index in [2.05, 4.69) is 26.2 Å². The average Bonchev–Trinajstić information content (AvgIpc) is 2.38. The van der Waals surface area contributed by atoms with Crippen LogP contribution in [0.25, 0.3) is 0 Å². The average molecular weight is 232 g/mol. The van der Waals surface area contributed by atoms with Crippen LogP contribution in [-0.2, 0) is 0 Å². The van der Waals surface area contributed by atoms with E-state index in [0.29, 0.717) is 5.92 Å². The van der Waals surface area contributed by atoms with E-state index in [0.717, 1.165) is 32.1 Å². The van der Waals surface area contributed by atoms with Gasteiger partial charge in [0.05, 0.1) is 6.10 Å². The van der Waals surface area contributed by atoms with E-state index in [9.17, 15) is 5.11 Å². The van der Waals surface area contributed by atoms with Crippen molar-refractivity contribution in [2.75, 3.05) is 0 Å². The molecule has 0 spiro atoms. The fraction of sp³-hybridized carbons (Fsp3) is 0.625. The molecule has 1 N–H and O–H groups in total. The highest BCUT2D eigenvalue weighted by atomic mass is 16.3. The van der Waals surface area contributed by atoms with Gasteiger partial charge in [-0.05, 0) is 56.8 Å². The molecule has 0 heterocycles. The van der Waals surface area contributed by atoms with E-state index >= 15 is 0 Å². The molecule has 0 aromatic heterocycles. The minimum atomic E-state index is -0.209. The molecule has 0 aromatic carbocycles. The molecular formula is C16H24O. The van der Waals surface area contributed by atoms with Gasteiger partial charge in [-0.15, -0.1) is 6.58 Å². The molecule has 0 radical (unpaired) electrons. The minimum absolute atomic E-state index is 0.204. The molecule has 1 fully saturated rings. The zero-order valence-electron chi connectivity index (χ0n) is 10.9. The van der Waals surface area contributed by atoms with Crippen molar-refractivity contribution in [2.45, 2.75) is 51.6 Å². The number of fused-ring (bicyclic) bond motifs is 2. The standard InChI is InChI=1S/C16H24O/c1-4-5-8-16-10-14(7-6-13(16)3)12(2)9-15(17)11-16/h4,6,14-15,17H,1-2,5,7-11H2,3H3/t14-,15+,16+/m1/s1. The summed E-state index contributed by atoms with van der Waals surface area (Å²) in [5, 5.41) is 10.2. The van der Waals surface area contributed by atoms with Gasteiger partial charge in [0, 0.05) is 0 Å². The van der Waals surface area contributed by atoms with Crippen LogP contribution < -0.4 is 0 Å². The van der Waals surface area contributed by atoms with Crippen molar-refractivity contribution in [1.29, 1.82) is 0 Å². The first-order chi connectivity index (χ1) is 8.07. The molecule has 0 unspecified atom stereocenters. The molecule has 0 aliphatic heterocycles. The third kappa shape index (κ3) is 2.40. The minimum Gasteiger partial charge on any atom is -0.393 e. The Morgan fingerprint density at radius 3 is 3.00 bits per heavy atom. The summed E-state index contributed by atoms with van der Waals surface area (Å²) >= 11 is 0. The summed E-state index contributed by atoms with van der Waals surface area (Å²) in [6, 6.07) is 0. The van der Waals surface area contributed by atoms with Crippen LogP contribution in [-0.4, -0.2) is 11.2 Å². The lowest BCUT2D eigenvalue weighted by Gasteiger charge is -2.40. The first-order valence-corrected chi connectivity index (χ1v) is 6.71. The Morgan fingerprint density at radius 2 is 2.29 bits per heavy atom. The van der Waals surface area contributed by atoms with E-state index in [1.54, 1.807) is 0 Å². The Labute approximate surface area is 105 Å². The van der Waals surface area contributed by atoms with Crippen LogP contribution in [0.2, 0.25) is 0 Å². The van der Waals surface area contributed by atoms with Crippen molar-refractivity contribution < 1.29 is 5.11 Å². The number of hydrogen-bond acceptors (Lipinski definition) is 1. The summed E-state index contributed by atoms with van der Waals surface area (Å²) in [7, 11) is 0. The second kappa shape index (κ2) is 4.81. The van der Waals surface area contributed by atoms with Crippen LogP contribution in [0.15, 0.2) is 36.5 Å². The monoisotopic (exact) mass is 232 g/mol. The molecule has 2 aliphatic carbocycles. The van der Waals surface area contributed by atoms with Crippen LogP contribution in [0.3, 0.4) is 0 Å². The Kier molecular flexibility index (Phi) is 3.58. The molecule has 1 heteroatoms. The summed E-state index contributed by atoms with van der Waals surface area (Å²) in [5.41, 5.74) is 2.93. The molecule has 1 nitrogen and oxygen atoms in total. The molecule has 0 saturated heterocycles. The van der Waals surface area contributed by atoms with E-state index in [1.165, 1.54) is 17.6 Å². The first-order valence-electron chi connectivity index (χ1n) is 6.71. The zero-order chi connectivity index (χ0) is 12.5. The van der Waals surface area contributed by atoms with Crippen LogP contribution in [0.4, 0.5) is 0 Å². The highest BCUT2D eigenvalue weighted by Crippen LogP contribution is 2.51. The Hall–Kier alpha value is -0.820. The highest BCUT2D eigenvalue weighted by molar-refractivity contribution is 5.24. The van der Waals surface area contributed by atoms with Gasteiger partial charge in [-0.2, -0.15) is 0 Å². The topological polar surface area (TPSA) is 20.2 Å². The predicted molar refractivity (Wildman–Crippen MR) is 72.7 cm³/mol. The fourth-order valence-electron chi connectivity index (χ4n) is 3.58. The molecule has 3 atom stereocenters. The Balaban J connectivity index is 2.30. The van der Waals surface area contributed by atoms with Crippen LogP contribution in [0, 0.1) is 11.3 Å². The van der Waals surface area contributed by atoms with Gasteiger partial charge >= 0.3 is 0 Å². The molecule has 1 saturated carbocycles. The lowest BCUT2D eigenvalue weighted by Crippen LogP contribution is -2.30. The zero-order valence-corrected chi connectivity index (χ0v) is 10.9. The number of aliphatic hydroxyl groups is 1. The normalized spacial score (nSPS) is 37.3. The van der Waals surface area contributed by atoms with Gasteiger partial charge in [0.25, 0.3) is 0 Å². The summed E-state index contributed by atoms with van der Waals surface area (Å²) in [6.07, 6.45) is 10.3. The third-order valence-corrected chi connectivity index (χ3v) is 4.71. The van der Waals surface area contributed by atoms with Gasteiger partial charge in [0.1, 0.15) is 0 Å². The van der Waals surface area contributed by atoms with Crippen molar-refractivity contribution in [3.63, 3.8) is 0 Å². The second-order valence-corrected chi connectivity index (χ2v) is 5.85. The first kappa shape index (κ1) is 12.6. The molecule has 2 bridgehead atoms. The maximum atomic E-state index is 10.2. The van der Waals surface area contributed by atoms with E-state index in [4.69, 9.17) is 0 Å². The predicted octanol–water partition coefficient (Wildman–Crippen LogP) is 4.01. The quantitative estimate of drug-likeness (QED) is 0.729. The van der Waals surface area contributed by atoms with Gasteiger partial charge < -0.3 is 5.11 Å². The molecule has 2 rings (SSSR count). The summed E-state index contributed by atoms with van der Waals surface area (Å²) < 4.78 is 0. The van der Waals surface area contributed by atoms with Gasteiger partial charge in [0.2, 0.25) is 0 Å².